The van der Waals surface area contributed by atoms with Crippen molar-refractivity contribution in [3.8, 4) is 0 Å². The third-order valence-corrected chi connectivity index (χ3v) is 4.52. The van der Waals surface area contributed by atoms with E-state index in [0.29, 0.717) is 25.0 Å². The Morgan fingerprint density at radius 1 is 0.850 bits per heavy atom. The highest BCUT2D eigenvalue weighted by atomic mass is 31.1. The molecule has 0 rings (SSSR count). The molecule has 0 aromatic carbocycles. The summed E-state index contributed by atoms with van der Waals surface area (Å²) < 4.78 is 22.1. The van der Waals surface area contributed by atoms with Crippen molar-refractivity contribution in [2.24, 2.45) is 11.8 Å². The maximum atomic E-state index is 11.7. The molecule has 3 nitrogen and oxygen atoms in total. The normalized spacial score (nSPS) is 11.1. The second-order valence-corrected chi connectivity index (χ2v) is 6.08. The highest BCUT2D eigenvalue weighted by molar-refractivity contribution is 7.33. The van der Waals surface area contributed by atoms with Crippen LogP contribution in [-0.4, -0.2) is 13.2 Å². The van der Waals surface area contributed by atoms with Crippen LogP contribution in [0.25, 0.3) is 0 Å². The van der Waals surface area contributed by atoms with Gasteiger partial charge in [0.2, 0.25) is 0 Å². The van der Waals surface area contributed by atoms with Crippen molar-refractivity contribution in [2.45, 2.75) is 53.4 Å². The summed E-state index contributed by atoms with van der Waals surface area (Å²) in [6, 6.07) is 0. The molecule has 4 heteroatoms. The lowest BCUT2D eigenvalue weighted by molar-refractivity contribution is 0.241. The summed E-state index contributed by atoms with van der Waals surface area (Å²) in [4.78, 5) is 0. The standard InChI is InChI=1S/C16H30O3P/c1-7-15(8-2)13(5)11-18-20(17)19-12-14(6)16(9-3)10-4/h15-16H,5-12H2,1-4H3/q+1. The topological polar surface area (TPSA) is 35.5 Å². The average Bonchev–Trinajstić information content (AvgIpc) is 2.45. The number of hydrogen-bond donors (Lipinski definition) is 0. The van der Waals surface area contributed by atoms with Gasteiger partial charge in [0.15, 0.2) is 0 Å². The molecular weight excluding hydrogens is 271 g/mol. The van der Waals surface area contributed by atoms with Crippen LogP contribution in [0.4, 0.5) is 0 Å². The lowest BCUT2D eigenvalue weighted by Gasteiger charge is -2.13. The SMILES string of the molecule is C=C(CO[P+](=O)OCC(=C)C(CC)CC)C(CC)CC. The van der Waals surface area contributed by atoms with Crippen LogP contribution in [0, 0.1) is 11.8 Å². The second kappa shape index (κ2) is 11.2. The fourth-order valence-electron chi connectivity index (χ4n) is 2.28. The average molecular weight is 301 g/mol. The van der Waals surface area contributed by atoms with Crippen molar-refractivity contribution < 1.29 is 13.6 Å². The Kier molecular flexibility index (Phi) is 10.9. The van der Waals surface area contributed by atoms with Crippen molar-refractivity contribution in [3.63, 3.8) is 0 Å². The molecule has 20 heavy (non-hydrogen) atoms. The Morgan fingerprint density at radius 2 is 1.15 bits per heavy atom. The Hall–Kier alpha value is -0.500. The molecule has 0 aliphatic rings. The van der Waals surface area contributed by atoms with Gasteiger partial charge in [0.1, 0.15) is 13.2 Å². The van der Waals surface area contributed by atoms with Crippen LogP contribution >= 0.6 is 8.25 Å². The third kappa shape index (κ3) is 7.33. The molecular formula is C16H30O3P+. The van der Waals surface area contributed by atoms with Gasteiger partial charge in [0.25, 0.3) is 0 Å². The summed E-state index contributed by atoms with van der Waals surface area (Å²) in [5.74, 6) is 0.857. The predicted molar refractivity (Wildman–Crippen MR) is 85.9 cm³/mol. The molecule has 0 saturated carbocycles. The summed E-state index contributed by atoms with van der Waals surface area (Å²) >= 11 is 0. The van der Waals surface area contributed by atoms with Crippen LogP contribution in [0.2, 0.25) is 0 Å². The summed E-state index contributed by atoms with van der Waals surface area (Å²) in [6.45, 7) is 17.1. The molecule has 0 saturated heterocycles. The van der Waals surface area contributed by atoms with Crippen LogP contribution in [-0.2, 0) is 13.6 Å². The number of rotatable bonds is 12. The van der Waals surface area contributed by atoms with Crippen molar-refractivity contribution >= 4 is 8.25 Å². The van der Waals surface area contributed by atoms with Crippen molar-refractivity contribution in [2.75, 3.05) is 13.2 Å². The lowest BCUT2D eigenvalue weighted by atomic mass is 9.96. The Balaban J connectivity index is 4.01. The van der Waals surface area contributed by atoms with Crippen LogP contribution in [0.3, 0.4) is 0 Å². The highest BCUT2D eigenvalue weighted by Gasteiger charge is 2.23. The van der Waals surface area contributed by atoms with E-state index >= 15 is 0 Å². The summed E-state index contributed by atoms with van der Waals surface area (Å²) in [6.07, 6.45) is 4.12. The quantitative estimate of drug-likeness (QED) is 0.344. The van der Waals surface area contributed by atoms with Crippen LogP contribution in [0.1, 0.15) is 53.4 Å². The first kappa shape index (κ1) is 19.5. The Bertz CT molecular complexity index is 288. The van der Waals surface area contributed by atoms with Crippen molar-refractivity contribution in [3.05, 3.63) is 24.3 Å². The molecule has 0 bridgehead atoms. The van der Waals surface area contributed by atoms with Crippen LogP contribution in [0.15, 0.2) is 24.3 Å². The van der Waals surface area contributed by atoms with E-state index in [1.807, 2.05) is 0 Å². The fraction of sp³-hybridized carbons (Fsp3) is 0.750. The summed E-state index contributed by atoms with van der Waals surface area (Å²) in [5.41, 5.74) is 1.97. The monoisotopic (exact) mass is 301 g/mol. The first-order valence-corrected chi connectivity index (χ1v) is 8.67. The summed E-state index contributed by atoms with van der Waals surface area (Å²) in [5, 5.41) is 0. The minimum absolute atomic E-state index is 0.305. The minimum Gasteiger partial charge on any atom is -0.115 e. The molecule has 0 atom stereocenters. The van der Waals surface area contributed by atoms with Crippen molar-refractivity contribution in [1.82, 2.24) is 0 Å². The molecule has 0 aliphatic carbocycles. The van der Waals surface area contributed by atoms with Crippen LogP contribution < -0.4 is 0 Å². The fourth-order valence-corrected chi connectivity index (χ4v) is 2.89. The van der Waals surface area contributed by atoms with E-state index in [1.54, 1.807) is 0 Å². The highest BCUT2D eigenvalue weighted by Crippen LogP contribution is 2.29. The van der Waals surface area contributed by atoms with E-state index in [2.05, 4.69) is 40.9 Å². The smallest absolute Gasteiger partial charge is 0.115 e. The maximum absolute atomic E-state index is 11.7. The molecule has 116 valence electrons. The predicted octanol–water partition coefficient (Wildman–Crippen LogP) is 5.66. The molecule has 0 fully saturated rings. The van der Waals surface area contributed by atoms with E-state index in [-0.39, 0.29) is 0 Å². The van der Waals surface area contributed by atoms with E-state index in [1.165, 1.54) is 0 Å². The van der Waals surface area contributed by atoms with Crippen LogP contribution in [0.5, 0.6) is 0 Å². The first-order chi connectivity index (χ1) is 9.49. The summed E-state index contributed by atoms with van der Waals surface area (Å²) in [7, 11) is -2.09. The zero-order valence-corrected chi connectivity index (χ0v) is 14.4. The first-order valence-electron chi connectivity index (χ1n) is 7.58. The molecule has 0 aliphatic heterocycles. The molecule has 0 aromatic rings. The van der Waals surface area contributed by atoms with E-state index < -0.39 is 8.25 Å². The van der Waals surface area contributed by atoms with E-state index in [4.69, 9.17) is 9.05 Å². The van der Waals surface area contributed by atoms with Gasteiger partial charge in [-0.15, -0.1) is 9.05 Å². The largest absolute Gasteiger partial charge is 0.698 e. The molecule has 0 N–H and O–H groups in total. The zero-order valence-electron chi connectivity index (χ0n) is 13.5. The zero-order chi connectivity index (χ0) is 15.5. The Morgan fingerprint density at radius 3 is 1.40 bits per heavy atom. The van der Waals surface area contributed by atoms with Gasteiger partial charge < -0.3 is 0 Å². The molecule has 0 radical (unpaired) electrons. The van der Waals surface area contributed by atoms with Gasteiger partial charge in [-0.2, -0.15) is 0 Å². The molecule has 0 unspecified atom stereocenters. The van der Waals surface area contributed by atoms with Gasteiger partial charge in [-0.1, -0.05) is 40.9 Å². The van der Waals surface area contributed by atoms with Gasteiger partial charge in [0.05, 0.1) is 0 Å². The van der Waals surface area contributed by atoms with Gasteiger partial charge >= 0.3 is 8.25 Å². The lowest BCUT2D eigenvalue weighted by Crippen LogP contribution is -2.07. The number of hydrogen-bond acceptors (Lipinski definition) is 3. The molecule has 0 amide bonds. The maximum Gasteiger partial charge on any atom is 0.698 e. The van der Waals surface area contributed by atoms with Crippen molar-refractivity contribution in [1.29, 1.82) is 0 Å². The Labute approximate surface area is 125 Å². The minimum atomic E-state index is -2.09. The van der Waals surface area contributed by atoms with Gasteiger partial charge in [-0.05, 0) is 48.7 Å². The molecule has 0 aromatic heterocycles. The van der Waals surface area contributed by atoms with E-state index in [9.17, 15) is 4.57 Å². The second-order valence-electron chi connectivity index (χ2n) is 5.11. The molecule has 0 heterocycles. The third-order valence-electron chi connectivity index (χ3n) is 3.84. The van der Waals surface area contributed by atoms with Gasteiger partial charge in [0, 0.05) is 4.57 Å². The van der Waals surface area contributed by atoms with Gasteiger partial charge in [-0.3, -0.25) is 0 Å². The van der Waals surface area contributed by atoms with E-state index in [0.717, 1.165) is 36.8 Å². The van der Waals surface area contributed by atoms with Gasteiger partial charge in [-0.25, -0.2) is 0 Å². The molecule has 0 spiro atoms.